The first-order valence-electron chi connectivity index (χ1n) is 5.72. The molecule has 0 unspecified atom stereocenters. The Morgan fingerprint density at radius 2 is 2.22 bits per heavy atom. The molecule has 1 aromatic heterocycles. The quantitative estimate of drug-likeness (QED) is 0.721. The van der Waals surface area contributed by atoms with Gasteiger partial charge in [-0.15, -0.1) is 0 Å². The van der Waals surface area contributed by atoms with Gasteiger partial charge in [0.1, 0.15) is 0 Å². The third kappa shape index (κ3) is 1.93. The van der Waals surface area contributed by atoms with Crippen LogP contribution in [0, 0.1) is 12.8 Å². The third-order valence-corrected chi connectivity index (χ3v) is 3.34. The molecule has 2 rings (SSSR count). The molecule has 0 amide bonds. The number of aromatic nitrogens is 2. The van der Waals surface area contributed by atoms with Gasteiger partial charge in [0.05, 0.1) is 12.7 Å². The lowest BCUT2D eigenvalue weighted by Crippen LogP contribution is -2.33. The predicted octanol–water partition coefficient (Wildman–Crippen LogP) is -0.0730. The summed E-state index contributed by atoms with van der Waals surface area (Å²) in [5.41, 5.74) is 0.183. The maximum absolute atomic E-state index is 11.8. The summed E-state index contributed by atoms with van der Waals surface area (Å²) in [7, 11) is 0. The molecule has 2 heterocycles. The number of aliphatic hydroxyl groups excluding tert-OH is 1. The van der Waals surface area contributed by atoms with E-state index in [0.717, 1.165) is 0 Å². The van der Waals surface area contributed by atoms with Crippen LogP contribution in [0.1, 0.15) is 18.7 Å². The number of hydrogen-bond acceptors (Lipinski definition) is 4. The number of H-pyrrole nitrogens is 1. The van der Waals surface area contributed by atoms with Gasteiger partial charge < -0.3 is 9.84 Å². The first-order valence-corrected chi connectivity index (χ1v) is 5.72. The molecule has 0 bridgehead atoms. The van der Waals surface area contributed by atoms with Gasteiger partial charge >= 0.3 is 5.69 Å². The van der Waals surface area contributed by atoms with Crippen LogP contribution in [-0.4, -0.2) is 27.4 Å². The molecule has 1 fully saturated rings. The molecule has 3 atom stereocenters. The topological polar surface area (TPSA) is 84.3 Å². The zero-order valence-corrected chi connectivity index (χ0v) is 10.3. The Hall–Kier alpha value is -1.66. The van der Waals surface area contributed by atoms with E-state index in [1.165, 1.54) is 10.8 Å². The monoisotopic (exact) mass is 252 g/mol. The standard InChI is InChI=1S/C12H16N2O4/c1-6-4-14(12(17)13-10(6)16)11-8(3)7(2)9(5-15)18-11/h4,7,9,11,15H,3,5H2,1-2H3,(H,13,16,17)/t7-,9+,11-/m0/s1. The van der Waals surface area contributed by atoms with Gasteiger partial charge in [0.15, 0.2) is 6.23 Å². The number of hydrogen-bond donors (Lipinski definition) is 2. The van der Waals surface area contributed by atoms with Crippen LogP contribution in [0.4, 0.5) is 0 Å². The number of aliphatic hydroxyl groups is 1. The van der Waals surface area contributed by atoms with Crippen molar-refractivity contribution in [2.75, 3.05) is 6.61 Å². The second-order valence-corrected chi connectivity index (χ2v) is 4.55. The molecule has 1 aliphatic heterocycles. The summed E-state index contributed by atoms with van der Waals surface area (Å²) in [6, 6.07) is 0. The fourth-order valence-corrected chi connectivity index (χ4v) is 2.04. The molecule has 98 valence electrons. The first kappa shape index (κ1) is 12.8. The van der Waals surface area contributed by atoms with Crippen LogP contribution < -0.4 is 11.2 Å². The molecule has 0 spiro atoms. The Kier molecular flexibility index (Phi) is 3.23. The van der Waals surface area contributed by atoms with Crippen molar-refractivity contribution in [1.82, 2.24) is 9.55 Å². The molecule has 2 N–H and O–H groups in total. The lowest BCUT2D eigenvalue weighted by molar-refractivity contribution is -0.0264. The molecule has 18 heavy (non-hydrogen) atoms. The van der Waals surface area contributed by atoms with Crippen molar-refractivity contribution in [3.8, 4) is 0 Å². The molecular weight excluding hydrogens is 236 g/mol. The van der Waals surface area contributed by atoms with Crippen molar-refractivity contribution in [1.29, 1.82) is 0 Å². The highest BCUT2D eigenvalue weighted by atomic mass is 16.5. The molecular formula is C12H16N2O4. The van der Waals surface area contributed by atoms with E-state index >= 15 is 0 Å². The number of aromatic amines is 1. The molecule has 1 saturated heterocycles. The fourth-order valence-electron chi connectivity index (χ4n) is 2.04. The largest absolute Gasteiger partial charge is 0.394 e. The van der Waals surface area contributed by atoms with Crippen LogP contribution in [0.25, 0.3) is 0 Å². The maximum atomic E-state index is 11.8. The average Bonchev–Trinajstić information content (AvgIpc) is 2.61. The third-order valence-electron chi connectivity index (χ3n) is 3.34. The second kappa shape index (κ2) is 4.55. The summed E-state index contributed by atoms with van der Waals surface area (Å²) in [6.07, 6.45) is 0.436. The summed E-state index contributed by atoms with van der Waals surface area (Å²) in [5.74, 6) is -0.0425. The Morgan fingerprint density at radius 1 is 1.56 bits per heavy atom. The summed E-state index contributed by atoms with van der Waals surface area (Å²) in [5, 5.41) is 9.18. The SMILES string of the molecule is C=C1[C@H](C)[C@@H](CO)O[C@@H]1n1cc(C)c(=O)[nH]c1=O. The fraction of sp³-hybridized carbons (Fsp3) is 0.500. The van der Waals surface area contributed by atoms with E-state index in [2.05, 4.69) is 11.6 Å². The number of aryl methyl sites for hydroxylation is 1. The number of rotatable bonds is 2. The molecule has 6 heteroatoms. The van der Waals surface area contributed by atoms with Gasteiger partial charge in [0.25, 0.3) is 5.56 Å². The van der Waals surface area contributed by atoms with Crippen LogP contribution in [0.5, 0.6) is 0 Å². The van der Waals surface area contributed by atoms with Crippen LogP contribution >= 0.6 is 0 Å². The molecule has 1 aromatic rings. The van der Waals surface area contributed by atoms with E-state index in [9.17, 15) is 14.7 Å². The van der Waals surface area contributed by atoms with Gasteiger partial charge in [0, 0.05) is 17.7 Å². The lowest BCUT2D eigenvalue weighted by atomic mass is 9.99. The molecule has 0 aromatic carbocycles. The Bertz CT molecular complexity index is 586. The van der Waals surface area contributed by atoms with E-state index in [4.69, 9.17) is 4.74 Å². The molecule has 1 aliphatic rings. The smallest absolute Gasteiger partial charge is 0.330 e. The van der Waals surface area contributed by atoms with Gasteiger partial charge in [-0.3, -0.25) is 14.3 Å². The van der Waals surface area contributed by atoms with Crippen molar-refractivity contribution in [2.45, 2.75) is 26.2 Å². The minimum absolute atomic E-state index is 0.0425. The Balaban J connectivity index is 2.45. The van der Waals surface area contributed by atoms with Crippen LogP contribution in [0.3, 0.4) is 0 Å². The highest BCUT2D eigenvalue weighted by Gasteiger charge is 2.36. The van der Waals surface area contributed by atoms with E-state index < -0.39 is 17.5 Å². The van der Waals surface area contributed by atoms with Crippen LogP contribution in [-0.2, 0) is 4.74 Å². The van der Waals surface area contributed by atoms with Gasteiger partial charge in [-0.25, -0.2) is 4.79 Å². The molecule has 0 radical (unpaired) electrons. The van der Waals surface area contributed by atoms with E-state index in [1.807, 2.05) is 6.92 Å². The van der Waals surface area contributed by atoms with Gasteiger partial charge in [-0.05, 0) is 12.5 Å². The van der Waals surface area contributed by atoms with Gasteiger partial charge in [0.2, 0.25) is 0 Å². The highest BCUT2D eigenvalue weighted by Crippen LogP contribution is 2.36. The lowest BCUT2D eigenvalue weighted by Gasteiger charge is -2.15. The average molecular weight is 252 g/mol. The highest BCUT2D eigenvalue weighted by molar-refractivity contribution is 5.14. The minimum Gasteiger partial charge on any atom is -0.394 e. The zero-order chi connectivity index (χ0) is 13.4. The van der Waals surface area contributed by atoms with Gasteiger partial charge in [-0.1, -0.05) is 13.5 Å². The van der Waals surface area contributed by atoms with Gasteiger partial charge in [-0.2, -0.15) is 0 Å². The molecule has 0 aliphatic carbocycles. The summed E-state index contributed by atoms with van der Waals surface area (Å²) < 4.78 is 6.89. The number of nitrogens with zero attached hydrogens (tertiary/aromatic N) is 1. The zero-order valence-electron chi connectivity index (χ0n) is 10.3. The van der Waals surface area contributed by atoms with E-state index in [1.54, 1.807) is 6.92 Å². The molecule has 0 saturated carbocycles. The van der Waals surface area contributed by atoms with Crippen LogP contribution in [0.2, 0.25) is 0 Å². The Labute approximate surface area is 104 Å². The van der Waals surface area contributed by atoms with E-state index in [-0.39, 0.29) is 18.6 Å². The van der Waals surface area contributed by atoms with Crippen LogP contribution in [0.15, 0.2) is 27.9 Å². The summed E-state index contributed by atoms with van der Waals surface area (Å²) in [6.45, 7) is 7.26. The summed E-state index contributed by atoms with van der Waals surface area (Å²) in [4.78, 5) is 25.3. The van der Waals surface area contributed by atoms with Crippen molar-refractivity contribution >= 4 is 0 Å². The molecule has 6 nitrogen and oxygen atoms in total. The summed E-state index contributed by atoms with van der Waals surface area (Å²) >= 11 is 0. The van der Waals surface area contributed by atoms with Crippen molar-refractivity contribution in [3.05, 3.63) is 44.8 Å². The predicted molar refractivity (Wildman–Crippen MR) is 65.4 cm³/mol. The second-order valence-electron chi connectivity index (χ2n) is 4.55. The number of ether oxygens (including phenoxy) is 1. The van der Waals surface area contributed by atoms with Crippen molar-refractivity contribution in [2.24, 2.45) is 5.92 Å². The van der Waals surface area contributed by atoms with Crippen molar-refractivity contribution < 1.29 is 9.84 Å². The van der Waals surface area contributed by atoms with Crippen molar-refractivity contribution in [3.63, 3.8) is 0 Å². The Morgan fingerprint density at radius 3 is 2.78 bits per heavy atom. The number of nitrogens with one attached hydrogen (secondary N) is 1. The minimum atomic E-state index is -0.639. The van der Waals surface area contributed by atoms with E-state index in [0.29, 0.717) is 11.1 Å². The maximum Gasteiger partial charge on any atom is 0.330 e. The normalized spacial score (nSPS) is 27.7. The first-order chi connectivity index (χ1) is 8.45.